The van der Waals surface area contributed by atoms with Gasteiger partial charge in [-0.15, -0.1) is 11.3 Å². The minimum Gasteiger partial charge on any atom is -0.378 e. The van der Waals surface area contributed by atoms with E-state index in [1.54, 1.807) is 13.0 Å². The van der Waals surface area contributed by atoms with Crippen LogP contribution in [0.3, 0.4) is 0 Å². The number of anilines is 1. The lowest BCUT2D eigenvalue weighted by molar-refractivity contribution is 0.597. The summed E-state index contributed by atoms with van der Waals surface area (Å²) >= 11 is 7.38. The third-order valence-electron chi connectivity index (χ3n) is 3.05. The van der Waals surface area contributed by atoms with Gasteiger partial charge in [0.15, 0.2) is 0 Å². The summed E-state index contributed by atoms with van der Waals surface area (Å²) in [6.45, 7) is 3.72. The summed E-state index contributed by atoms with van der Waals surface area (Å²) in [5.41, 5.74) is 2.41. The fourth-order valence-electron chi connectivity index (χ4n) is 1.95. The summed E-state index contributed by atoms with van der Waals surface area (Å²) in [4.78, 5) is 0.137. The summed E-state index contributed by atoms with van der Waals surface area (Å²) in [6, 6.07) is 6.91. The van der Waals surface area contributed by atoms with Crippen molar-refractivity contribution in [1.82, 2.24) is 0 Å². The molecule has 0 saturated heterocycles. The van der Waals surface area contributed by atoms with Crippen LogP contribution in [0.5, 0.6) is 0 Å². The molecule has 0 radical (unpaired) electrons. The molecule has 0 amide bonds. The topological polar surface area (TPSA) is 72.2 Å². The predicted octanol–water partition coefficient (Wildman–Crippen LogP) is 3.53. The molecule has 0 fully saturated rings. The molecule has 108 valence electrons. The van der Waals surface area contributed by atoms with Crippen molar-refractivity contribution >= 4 is 38.6 Å². The van der Waals surface area contributed by atoms with Crippen LogP contribution in [-0.4, -0.2) is 8.42 Å². The Labute approximate surface area is 127 Å². The lowest BCUT2D eigenvalue weighted by Gasteiger charge is -2.17. The van der Waals surface area contributed by atoms with Crippen molar-refractivity contribution in [1.29, 1.82) is 0 Å². The lowest BCUT2D eigenvalue weighted by Crippen LogP contribution is -2.15. The van der Waals surface area contributed by atoms with Crippen molar-refractivity contribution in [2.75, 3.05) is 5.32 Å². The van der Waals surface area contributed by atoms with Gasteiger partial charge in [0.2, 0.25) is 10.0 Å². The number of primary sulfonamides is 1. The molecule has 1 aromatic carbocycles. The third kappa shape index (κ3) is 3.32. The van der Waals surface area contributed by atoms with Crippen molar-refractivity contribution in [2.45, 2.75) is 24.8 Å². The van der Waals surface area contributed by atoms with Crippen LogP contribution in [0.25, 0.3) is 0 Å². The average Bonchev–Trinajstić information content (AvgIpc) is 2.77. The van der Waals surface area contributed by atoms with E-state index in [1.807, 2.05) is 24.4 Å². The lowest BCUT2D eigenvalue weighted by atomic mass is 10.1. The predicted molar refractivity (Wildman–Crippen MR) is 83.9 cm³/mol. The fraction of sp³-hybridized carbons (Fsp3) is 0.231. The summed E-state index contributed by atoms with van der Waals surface area (Å²) in [6.07, 6.45) is 0. The Kier molecular flexibility index (Phi) is 4.39. The maximum atomic E-state index is 11.5. The number of hydrogen-bond acceptors (Lipinski definition) is 4. The fourth-order valence-corrected chi connectivity index (χ4v) is 3.74. The Balaban J connectivity index is 2.31. The van der Waals surface area contributed by atoms with Gasteiger partial charge in [0.25, 0.3) is 0 Å². The summed E-state index contributed by atoms with van der Waals surface area (Å²) in [5, 5.41) is 10.5. The number of hydrogen-bond donors (Lipinski definition) is 2. The summed E-state index contributed by atoms with van der Waals surface area (Å²) in [5.74, 6) is 0. The first-order chi connectivity index (χ1) is 9.29. The Hall–Kier alpha value is -1.08. The van der Waals surface area contributed by atoms with Gasteiger partial charge in [0, 0.05) is 11.7 Å². The van der Waals surface area contributed by atoms with Crippen LogP contribution in [0.2, 0.25) is 4.34 Å². The Morgan fingerprint density at radius 3 is 2.65 bits per heavy atom. The van der Waals surface area contributed by atoms with E-state index in [-0.39, 0.29) is 10.9 Å². The van der Waals surface area contributed by atoms with Gasteiger partial charge in [-0.25, -0.2) is 13.6 Å². The van der Waals surface area contributed by atoms with Crippen molar-refractivity contribution in [3.05, 3.63) is 45.1 Å². The van der Waals surface area contributed by atoms with Gasteiger partial charge in [-0.2, -0.15) is 0 Å². The van der Waals surface area contributed by atoms with Crippen LogP contribution in [0.15, 0.2) is 34.5 Å². The molecule has 0 spiro atoms. The highest BCUT2D eigenvalue weighted by molar-refractivity contribution is 7.89. The van der Waals surface area contributed by atoms with E-state index >= 15 is 0 Å². The van der Waals surface area contributed by atoms with Gasteiger partial charge in [-0.1, -0.05) is 17.7 Å². The minimum atomic E-state index is -3.71. The monoisotopic (exact) mass is 330 g/mol. The molecule has 1 heterocycles. The molecule has 0 aliphatic carbocycles. The zero-order valence-corrected chi connectivity index (χ0v) is 13.4. The SMILES string of the molecule is Cc1c(NC(C)c2csc(Cl)c2)cccc1S(N)(=O)=O. The van der Waals surface area contributed by atoms with Crippen molar-refractivity contribution in [3.63, 3.8) is 0 Å². The average molecular weight is 331 g/mol. The smallest absolute Gasteiger partial charge is 0.238 e. The van der Waals surface area contributed by atoms with Gasteiger partial charge in [0.1, 0.15) is 0 Å². The van der Waals surface area contributed by atoms with Crippen LogP contribution in [0.4, 0.5) is 5.69 Å². The quantitative estimate of drug-likeness (QED) is 0.900. The molecular formula is C13H15ClN2O2S2. The molecule has 20 heavy (non-hydrogen) atoms. The molecule has 4 nitrogen and oxygen atoms in total. The number of nitrogens with two attached hydrogens (primary N) is 1. The number of benzene rings is 1. The van der Waals surface area contributed by atoms with Crippen molar-refractivity contribution in [3.8, 4) is 0 Å². The van der Waals surface area contributed by atoms with E-state index in [2.05, 4.69) is 5.32 Å². The second-order valence-electron chi connectivity index (χ2n) is 4.52. The van der Waals surface area contributed by atoms with E-state index in [4.69, 9.17) is 16.7 Å². The standard InChI is InChI=1S/C13H15ClN2O2S2/c1-8-11(4-3-5-12(8)20(15,17)18)16-9(2)10-6-13(14)19-7-10/h3-7,9,16H,1-2H3,(H2,15,17,18). The highest BCUT2D eigenvalue weighted by atomic mass is 35.5. The second kappa shape index (κ2) is 5.73. The van der Waals surface area contributed by atoms with Crippen LogP contribution in [0.1, 0.15) is 24.1 Å². The zero-order chi connectivity index (χ0) is 14.9. The van der Waals surface area contributed by atoms with Crippen LogP contribution in [-0.2, 0) is 10.0 Å². The minimum absolute atomic E-state index is 0.0215. The number of rotatable bonds is 4. The molecule has 2 rings (SSSR count). The normalized spacial score (nSPS) is 13.2. The Morgan fingerprint density at radius 2 is 2.10 bits per heavy atom. The van der Waals surface area contributed by atoms with Crippen molar-refractivity contribution < 1.29 is 8.42 Å². The highest BCUT2D eigenvalue weighted by Crippen LogP contribution is 2.29. The first kappa shape index (κ1) is 15.3. The van der Waals surface area contributed by atoms with Gasteiger partial charge < -0.3 is 5.32 Å². The van der Waals surface area contributed by atoms with Gasteiger partial charge in [-0.3, -0.25) is 0 Å². The van der Waals surface area contributed by atoms with Gasteiger partial charge in [0.05, 0.1) is 9.23 Å². The number of halogens is 1. The van der Waals surface area contributed by atoms with E-state index in [0.717, 1.165) is 15.6 Å². The first-order valence-corrected chi connectivity index (χ1v) is 8.72. The van der Waals surface area contributed by atoms with Gasteiger partial charge in [-0.05, 0) is 48.6 Å². The molecule has 0 aliphatic rings. The van der Waals surface area contributed by atoms with E-state index in [1.165, 1.54) is 17.4 Å². The second-order valence-corrected chi connectivity index (χ2v) is 7.60. The zero-order valence-electron chi connectivity index (χ0n) is 11.1. The molecule has 1 unspecified atom stereocenters. The number of sulfonamides is 1. The molecule has 3 N–H and O–H groups in total. The molecule has 2 aromatic rings. The number of thiophene rings is 1. The molecule has 7 heteroatoms. The molecule has 0 saturated carbocycles. The van der Waals surface area contributed by atoms with Gasteiger partial charge >= 0.3 is 0 Å². The molecule has 0 aliphatic heterocycles. The molecular weight excluding hydrogens is 316 g/mol. The van der Waals surface area contributed by atoms with E-state index in [0.29, 0.717) is 5.56 Å². The first-order valence-electron chi connectivity index (χ1n) is 5.92. The molecule has 0 bridgehead atoms. The maximum absolute atomic E-state index is 11.5. The van der Waals surface area contributed by atoms with Crippen molar-refractivity contribution in [2.24, 2.45) is 5.14 Å². The molecule has 1 atom stereocenters. The Bertz CT molecular complexity index is 726. The Morgan fingerprint density at radius 1 is 1.40 bits per heavy atom. The largest absolute Gasteiger partial charge is 0.378 e. The van der Waals surface area contributed by atoms with E-state index < -0.39 is 10.0 Å². The number of nitrogens with one attached hydrogen (secondary N) is 1. The summed E-state index contributed by atoms with van der Waals surface area (Å²) in [7, 11) is -3.71. The van der Waals surface area contributed by atoms with E-state index in [9.17, 15) is 8.42 Å². The third-order valence-corrected chi connectivity index (χ3v) is 5.22. The molecule has 1 aromatic heterocycles. The highest BCUT2D eigenvalue weighted by Gasteiger charge is 2.15. The van der Waals surface area contributed by atoms with Crippen LogP contribution < -0.4 is 10.5 Å². The van der Waals surface area contributed by atoms with Crippen LogP contribution >= 0.6 is 22.9 Å². The summed E-state index contributed by atoms with van der Waals surface area (Å²) < 4.78 is 23.7. The van der Waals surface area contributed by atoms with Crippen LogP contribution in [0, 0.1) is 6.92 Å². The maximum Gasteiger partial charge on any atom is 0.238 e.